The van der Waals surface area contributed by atoms with E-state index in [0.717, 1.165) is 38.2 Å². The van der Waals surface area contributed by atoms with Gasteiger partial charge in [-0.2, -0.15) is 0 Å². The molecule has 3 rings (SSSR count). The Morgan fingerprint density at radius 3 is 2.92 bits per heavy atom. The van der Waals surface area contributed by atoms with Crippen LogP contribution in [0.25, 0.3) is 0 Å². The van der Waals surface area contributed by atoms with Crippen molar-refractivity contribution in [2.75, 3.05) is 45.6 Å². The summed E-state index contributed by atoms with van der Waals surface area (Å²) in [7, 11) is -1.31. The number of hydrogen-bond donors (Lipinski definition) is 2. The maximum atomic E-state index is 11.8. The summed E-state index contributed by atoms with van der Waals surface area (Å²) in [6.45, 7) is 3.20. The lowest BCUT2D eigenvalue weighted by Gasteiger charge is -2.16. The molecule has 0 amide bonds. The zero-order valence-corrected chi connectivity index (χ0v) is 15.4. The van der Waals surface area contributed by atoms with Crippen LogP contribution in [-0.2, 0) is 22.9 Å². The first-order valence-electron chi connectivity index (χ1n) is 8.75. The molecule has 0 bridgehead atoms. The van der Waals surface area contributed by atoms with E-state index < -0.39 is 10.0 Å². The monoisotopic (exact) mass is 366 g/mol. The second kappa shape index (κ2) is 8.05. The van der Waals surface area contributed by atoms with E-state index in [-0.39, 0.29) is 5.75 Å². The van der Waals surface area contributed by atoms with Crippen molar-refractivity contribution in [1.82, 2.24) is 14.9 Å². The molecule has 1 saturated heterocycles. The minimum atomic E-state index is -3.03. The molecule has 0 spiro atoms. The predicted molar refractivity (Wildman–Crippen MR) is 98.7 cm³/mol. The van der Waals surface area contributed by atoms with E-state index in [0.29, 0.717) is 25.6 Å². The predicted octanol–water partition coefficient (Wildman–Crippen LogP) is 0.365. The second-order valence-electron chi connectivity index (χ2n) is 6.28. The minimum Gasteiger partial charge on any atom is -0.493 e. The summed E-state index contributed by atoms with van der Waals surface area (Å²) < 4.78 is 30.6. The van der Waals surface area contributed by atoms with Gasteiger partial charge in [0.1, 0.15) is 5.75 Å². The van der Waals surface area contributed by atoms with Crippen LogP contribution in [0, 0.1) is 0 Å². The van der Waals surface area contributed by atoms with Crippen LogP contribution in [0.1, 0.15) is 17.5 Å². The van der Waals surface area contributed by atoms with Crippen LogP contribution in [0.15, 0.2) is 23.2 Å². The van der Waals surface area contributed by atoms with Crippen molar-refractivity contribution < 1.29 is 13.2 Å². The molecule has 8 heteroatoms. The molecule has 0 aromatic heterocycles. The zero-order chi connectivity index (χ0) is 17.7. The van der Waals surface area contributed by atoms with Crippen LogP contribution in [-0.4, -0.2) is 64.3 Å². The van der Waals surface area contributed by atoms with Crippen LogP contribution in [0.5, 0.6) is 5.75 Å². The van der Waals surface area contributed by atoms with Gasteiger partial charge in [-0.05, 0) is 30.0 Å². The van der Waals surface area contributed by atoms with Crippen LogP contribution >= 0.6 is 0 Å². The van der Waals surface area contributed by atoms with Crippen LogP contribution < -0.4 is 15.4 Å². The smallest absolute Gasteiger partial charge is 0.214 e. The van der Waals surface area contributed by atoms with E-state index in [1.807, 2.05) is 6.07 Å². The number of hydrogen-bond acceptors (Lipinski definition) is 4. The number of ether oxygens (including phenoxy) is 1. The van der Waals surface area contributed by atoms with Gasteiger partial charge in [0.15, 0.2) is 5.96 Å². The lowest BCUT2D eigenvalue weighted by Crippen LogP contribution is -2.42. The van der Waals surface area contributed by atoms with Gasteiger partial charge in [0, 0.05) is 39.6 Å². The van der Waals surface area contributed by atoms with Crippen molar-refractivity contribution >= 4 is 16.0 Å². The zero-order valence-electron chi connectivity index (χ0n) is 14.6. The fourth-order valence-corrected chi connectivity index (χ4v) is 4.71. The highest BCUT2D eigenvalue weighted by molar-refractivity contribution is 7.89. The van der Waals surface area contributed by atoms with Crippen molar-refractivity contribution in [2.45, 2.75) is 19.3 Å². The molecule has 7 nitrogen and oxygen atoms in total. The number of nitrogens with one attached hydrogen (secondary N) is 2. The van der Waals surface area contributed by atoms with Gasteiger partial charge >= 0.3 is 0 Å². The van der Waals surface area contributed by atoms with E-state index in [4.69, 9.17) is 4.74 Å². The first-order chi connectivity index (χ1) is 12.1. The largest absolute Gasteiger partial charge is 0.493 e. The van der Waals surface area contributed by atoms with E-state index >= 15 is 0 Å². The SMILES string of the molecule is CN=C(NCCc1ccc2c(c1)CCO2)NCCN1CCCS1(=O)=O. The number of sulfonamides is 1. The van der Waals surface area contributed by atoms with Gasteiger partial charge in [-0.15, -0.1) is 0 Å². The molecule has 0 unspecified atom stereocenters. The van der Waals surface area contributed by atoms with E-state index in [1.54, 1.807) is 11.4 Å². The average molecular weight is 366 g/mol. The van der Waals surface area contributed by atoms with E-state index in [9.17, 15) is 8.42 Å². The normalized spacial score (nSPS) is 19.5. The number of aliphatic imine (C=N–C) groups is 1. The number of nitrogens with zero attached hydrogens (tertiary/aromatic N) is 2. The molecule has 2 aliphatic rings. The van der Waals surface area contributed by atoms with Crippen molar-refractivity contribution in [1.29, 1.82) is 0 Å². The summed E-state index contributed by atoms with van der Waals surface area (Å²) in [5.41, 5.74) is 2.56. The molecule has 25 heavy (non-hydrogen) atoms. The molecular formula is C17H26N4O3S. The number of guanidine groups is 1. The maximum absolute atomic E-state index is 11.8. The lowest BCUT2D eigenvalue weighted by molar-refractivity contribution is 0.357. The van der Waals surface area contributed by atoms with Crippen LogP contribution in [0.3, 0.4) is 0 Å². The summed E-state index contributed by atoms with van der Waals surface area (Å²) in [5.74, 6) is 1.97. The molecule has 0 radical (unpaired) electrons. The molecule has 1 aromatic rings. The molecule has 2 heterocycles. The Morgan fingerprint density at radius 2 is 2.16 bits per heavy atom. The fraction of sp³-hybridized carbons (Fsp3) is 0.588. The third kappa shape index (κ3) is 4.64. The Kier molecular flexibility index (Phi) is 5.80. The first-order valence-corrected chi connectivity index (χ1v) is 10.4. The standard InChI is InChI=1S/C17H26N4O3S/c1-18-17(20-8-10-21-9-2-12-25(21,22)23)19-7-5-14-3-4-16-15(13-14)6-11-24-16/h3-4,13H,2,5-12H2,1H3,(H2,18,19,20). The Labute approximate surface area is 149 Å². The molecule has 1 aromatic carbocycles. The van der Waals surface area contributed by atoms with Gasteiger partial charge in [0.2, 0.25) is 10.0 Å². The molecule has 0 aliphatic carbocycles. The highest BCUT2D eigenvalue weighted by atomic mass is 32.2. The number of fused-ring (bicyclic) bond motifs is 1. The molecule has 138 valence electrons. The van der Waals surface area contributed by atoms with Gasteiger partial charge in [-0.1, -0.05) is 12.1 Å². The Morgan fingerprint density at radius 1 is 1.32 bits per heavy atom. The Hall–Kier alpha value is -1.80. The summed E-state index contributed by atoms with van der Waals surface area (Å²) >= 11 is 0. The molecule has 0 atom stereocenters. The molecule has 2 N–H and O–H groups in total. The van der Waals surface area contributed by atoms with Gasteiger partial charge < -0.3 is 15.4 Å². The molecular weight excluding hydrogens is 340 g/mol. The summed E-state index contributed by atoms with van der Waals surface area (Å²) in [6.07, 6.45) is 2.61. The van der Waals surface area contributed by atoms with Crippen molar-refractivity contribution in [2.24, 2.45) is 4.99 Å². The topological polar surface area (TPSA) is 83.0 Å². The molecule has 1 fully saturated rings. The third-order valence-electron chi connectivity index (χ3n) is 4.54. The van der Waals surface area contributed by atoms with E-state index in [1.165, 1.54) is 11.1 Å². The summed E-state index contributed by atoms with van der Waals surface area (Å²) in [5, 5.41) is 6.45. The van der Waals surface area contributed by atoms with Crippen molar-refractivity contribution in [3.63, 3.8) is 0 Å². The van der Waals surface area contributed by atoms with Crippen LogP contribution in [0.4, 0.5) is 0 Å². The van der Waals surface area contributed by atoms with Gasteiger partial charge in [-0.3, -0.25) is 4.99 Å². The number of benzene rings is 1. The summed E-state index contributed by atoms with van der Waals surface area (Å²) in [4.78, 5) is 4.18. The highest BCUT2D eigenvalue weighted by Crippen LogP contribution is 2.25. The van der Waals surface area contributed by atoms with Crippen molar-refractivity contribution in [3.05, 3.63) is 29.3 Å². The minimum absolute atomic E-state index is 0.270. The van der Waals surface area contributed by atoms with Gasteiger partial charge in [0.05, 0.1) is 12.4 Å². The quantitative estimate of drug-likeness (QED) is 0.561. The average Bonchev–Trinajstić information content (AvgIpc) is 3.19. The second-order valence-corrected chi connectivity index (χ2v) is 8.37. The third-order valence-corrected chi connectivity index (χ3v) is 6.50. The van der Waals surface area contributed by atoms with Crippen molar-refractivity contribution in [3.8, 4) is 5.75 Å². The number of rotatable bonds is 6. The lowest BCUT2D eigenvalue weighted by atomic mass is 10.1. The van der Waals surface area contributed by atoms with Gasteiger partial charge in [-0.25, -0.2) is 12.7 Å². The maximum Gasteiger partial charge on any atom is 0.214 e. The fourth-order valence-electron chi connectivity index (χ4n) is 3.18. The highest BCUT2D eigenvalue weighted by Gasteiger charge is 2.27. The van der Waals surface area contributed by atoms with E-state index in [2.05, 4.69) is 27.8 Å². The van der Waals surface area contributed by atoms with Crippen LogP contribution in [0.2, 0.25) is 0 Å². The summed E-state index contributed by atoms with van der Waals surface area (Å²) in [6, 6.07) is 6.35. The van der Waals surface area contributed by atoms with Gasteiger partial charge in [0.25, 0.3) is 0 Å². The first kappa shape index (κ1) is 18.0. The molecule has 2 aliphatic heterocycles. The Bertz CT molecular complexity index is 733. The molecule has 0 saturated carbocycles. The Balaban J connectivity index is 1.39.